The van der Waals surface area contributed by atoms with Gasteiger partial charge >= 0.3 is 10.1 Å². The Morgan fingerprint density at radius 3 is 2.78 bits per heavy atom. The molecule has 0 amide bonds. The van der Waals surface area contributed by atoms with Crippen LogP contribution in [-0.4, -0.2) is 20.0 Å². The normalized spacial score (nSPS) is 32.5. The minimum Gasteiger partial charge on any atom is -0.382 e. The number of Topliss-reactive ketones (excluding diaryl/α,β-unsaturated/α-hetero) is 1. The zero-order chi connectivity index (χ0) is 19.2. The Kier molecular flexibility index (Phi) is 4.86. The van der Waals surface area contributed by atoms with Gasteiger partial charge in [0.25, 0.3) is 0 Å². The van der Waals surface area contributed by atoms with E-state index in [4.69, 9.17) is 4.18 Å². The zero-order valence-electron chi connectivity index (χ0n) is 16.4. The van der Waals surface area contributed by atoms with Gasteiger partial charge in [0.2, 0.25) is 0 Å². The second kappa shape index (κ2) is 6.91. The number of carbonyl (C=O) groups excluding carboxylic acids is 1. The number of hydrogen-bond donors (Lipinski definition) is 0. The van der Waals surface area contributed by atoms with Crippen LogP contribution in [0.2, 0.25) is 0 Å². The maximum Gasteiger partial charge on any atom is 0.309 e. The van der Waals surface area contributed by atoms with Crippen LogP contribution < -0.4 is 4.18 Å². The van der Waals surface area contributed by atoms with Crippen molar-refractivity contribution in [3.05, 3.63) is 29.3 Å². The number of carbonyl (C=O) groups is 1. The SMILES string of the molecule is CCCCS(=O)(=O)Oc1ccc2c(c1)CC[C@@H]1[C@@H]2CC[C@]2(C)C(=O)CC[C@@H]12. The van der Waals surface area contributed by atoms with Crippen LogP contribution in [-0.2, 0) is 21.3 Å². The summed E-state index contributed by atoms with van der Waals surface area (Å²) in [5, 5.41) is 0. The second-order valence-corrected chi connectivity index (χ2v) is 10.6. The third-order valence-electron chi connectivity index (χ3n) is 7.38. The number of ketones is 1. The highest BCUT2D eigenvalue weighted by Gasteiger charge is 2.54. The van der Waals surface area contributed by atoms with Crippen LogP contribution in [0.15, 0.2) is 18.2 Å². The Hall–Kier alpha value is -1.36. The lowest BCUT2D eigenvalue weighted by Crippen LogP contribution is -2.42. The second-order valence-electron chi connectivity index (χ2n) is 8.89. The summed E-state index contributed by atoms with van der Waals surface area (Å²) in [5.74, 6) is 2.59. The van der Waals surface area contributed by atoms with Crippen LogP contribution in [0, 0.1) is 17.3 Å². The molecule has 5 heteroatoms. The number of aryl methyl sites for hydroxylation is 1. The molecule has 0 unspecified atom stereocenters. The van der Waals surface area contributed by atoms with Gasteiger partial charge in [-0.2, -0.15) is 8.42 Å². The number of hydrogen-bond acceptors (Lipinski definition) is 4. The molecule has 0 aromatic heterocycles. The molecule has 4 atom stereocenters. The first-order valence-electron chi connectivity index (χ1n) is 10.4. The topological polar surface area (TPSA) is 60.4 Å². The smallest absolute Gasteiger partial charge is 0.309 e. The van der Waals surface area contributed by atoms with Crippen molar-refractivity contribution in [3.8, 4) is 5.75 Å². The fourth-order valence-electron chi connectivity index (χ4n) is 5.89. The number of rotatable bonds is 5. The number of benzene rings is 1. The molecule has 0 heterocycles. The molecule has 3 aliphatic rings. The molecule has 1 aromatic rings. The number of unbranched alkanes of at least 4 members (excludes halogenated alkanes) is 1. The molecule has 0 saturated heterocycles. The van der Waals surface area contributed by atoms with Crippen LogP contribution in [0.25, 0.3) is 0 Å². The van der Waals surface area contributed by atoms with E-state index in [1.54, 1.807) is 0 Å². The van der Waals surface area contributed by atoms with Crippen LogP contribution in [0.5, 0.6) is 5.75 Å². The molecule has 4 rings (SSSR count). The van der Waals surface area contributed by atoms with Crippen LogP contribution in [0.1, 0.15) is 75.8 Å². The summed E-state index contributed by atoms with van der Waals surface area (Å²) in [6.45, 7) is 4.16. The van der Waals surface area contributed by atoms with Crippen molar-refractivity contribution in [2.75, 3.05) is 5.75 Å². The minimum atomic E-state index is -3.51. The third kappa shape index (κ3) is 3.32. The Bertz CT molecular complexity index is 844. The van der Waals surface area contributed by atoms with Gasteiger partial charge in [-0.1, -0.05) is 26.3 Å². The van der Waals surface area contributed by atoms with Gasteiger partial charge in [0, 0.05) is 11.8 Å². The predicted octanol–water partition coefficient (Wildman–Crippen LogP) is 4.62. The average Bonchev–Trinajstić information content (AvgIpc) is 2.94. The Morgan fingerprint density at radius 2 is 2.00 bits per heavy atom. The predicted molar refractivity (Wildman–Crippen MR) is 105 cm³/mol. The van der Waals surface area contributed by atoms with Crippen LogP contribution in [0.4, 0.5) is 0 Å². The van der Waals surface area contributed by atoms with Gasteiger partial charge in [0.05, 0.1) is 5.75 Å². The summed E-state index contributed by atoms with van der Waals surface area (Å²) in [6, 6.07) is 5.83. The van der Waals surface area contributed by atoms with Crippen LogP contribution >= 0.6 is 0 Å². The third-order valence-corrected chi connectivity index (χ3v) is 8.61. The molecule has 0 N–H and O–H groups in total. The Labute approximate surface area is 162 Å². The minimum absolute atomic E-state index is 0.0690. The standard InChI is InChI=1S/C22H30O4S/c1-3-4-13-27(24,25)26-16-6-8-17-15(14-16)5-7-19-18(17)11-12-22(2)20(19)9-10-21(22)23/h6,8,14,18-20H,3-5,7,9-13H2,1-2H3/t18-,19-,20+,22+/m1/s1. The first-order valence-corrected chi connectivity index (χ1v) is 12.0. The highest BCUT2D eigenvalue weighted by molar-refractivity contribution is 7.87. The zero-order valence-corrected chi connectivity index (χ0v) is 17.2. The summed E-state index contributed by atoms with van der Waals surface area (Å²) >= 11 is 0. The summed E-state index contributed by atoms with van der Waals surface area (Å²) in [6.07, 6.45) is 7.34. The lowest BCUT2D eigenvalue weighted by molar-refractivity contribution is -0.129. The molecular weight excluding hydrogens is 360 g/mol. The highest BCUT2D eigenvalue weighted by atomic mass is 32.2. The van der Waals surface area contributed by atoms with Gasteiger partial charge in [-0.05, 0) is 79.5 Å². The van der Waals surface area contributed by atoms with E-state index in [2.05, 4.69) is 13.0 Å². The summed E-state index contributed by atoms with van der Waals surface area (Å²) < 4.78 is 29.5. The van der Waals surface area contributed by atoms with Crippen LogP contribution in [0.3, 0.4) is 0 Å². The maximum atomic E-state index is 12.4. The van der Waals surface area contributed by atoms with Gasteiger partial charge < -0.3 is 4.18 Å². The quantitative estimate of drug-likeness (QED) is 0.688. The van der Waals surface area contributed by atoms with E-state index < -0.39 is 10.1 Å². The maximum absolute atomic E-state index is 12.4. The van der Waals surface area contributed by atoms with Gasteiger partial charge in [0.1, 0.15) is 11.5 Å². The first kappa shape index (κ1) is 19.0. The van der Waals surface area contributed by atoms with E-state index >= 15 is 0 Å². The molecule has 2 saturated carbocycles. The highest BCUT2D eigenvalue weighted by Crippen LogP contribution is 2.59. The van der Waals surface area contributed by atoms with E-state index in [9.17, 15) is 13.2 Å². The molecule has 148 valence electrons. The fraction of sp³-hybridized carbons (Fsp3) is 0.682. The van der Waals surface area contributed by atoms with Crippen molar-refractivity contribution in [1.82, 2.24) is 0 Å². The lowest BCUT2D eigenvalue weighted by Gasteiger charge is -2.48. The largest absolute Gasteiger partial charge is 0.382 e. The van der Waals surface area contributed by atoms with Gasteiger partial charge in [-0.3, -0.25) is 4.79 Å². The van der Waals surface area contributed by atoms with Crippen molar-refractivity contribution in [3.63, 3.8) is 0 Å². The van der Waals surface area contributed by atoms with Gasteiger partial charge in [-0.25, -0.2) is 0 Å². The van der Waals surface area contributed by atoms with Crippen molar-refractivity contribution >= 4 is 15.9 Å². The van der Waals surface area contributed by atoms with Gasteiger partial charge in [0.15, 0.2) is 0 Å². The molecule has 3 aliphatic carbocycles. The van der Waals surface area contributed by atoms with E-state index in [-0.39, 0.29) is 11.2 Å². The van der Waals surface area contributed by atoms with Crippen molar-refractivity contribution in [2.45, 2.75) is 71.1 Å². The van der Waals surface area contributed by atoms with E-state index in [0.717, 1.165) is 44.9 Å². The summed E-state index contributed by atoms with van der Waals surface area (Å²) in [5.41, 5.74) is 2.48. The van der Waals surface area contributed by atoms with Crippen molar-refractivity contribution in [1.29, 1.82) is 0 Å². The molecule has 2 fully saturated rings. The van der Waals surface area contributed by atoms with E-state index in [1.165, 1.54) is 11.1 Å². The number of fused-ring (bicyclic) bond motifs is 5. The fourth-order valence-corrected chi connectivity index (χ4v) is 7.01. The molecule has 0 spiro atoms. The Balaban J connectivity index is 1.55. The first-order chi connectivity index (χ1) is 12.8. The van der Waals surface area contributed by atoms with Crippen molar-refractivity contribution in [2.24, 2.45) is 17.3 Å². The molecular formula is C22H30O4S. The monoisotopic (exact) mass is 390 g/mol. The summed E-state index contributed by atoms with van der Waals surface area (Å²) in [4.78, 5) is 12.4. The summed E-state index contributed by atoms with van der Waals surface area (Å²) in [7, 11) is -3.51. The molecule has 0 radical (unpaired) electrons. The van der Waals surface area contributed by atoms with E-state index in [0.29, 0.717) is 35.7 Å². The average molecular weight is 391 g/mol. The van der Waals surface area contributed by atoms with E-state index in [1.807, 2.05) is 19.1 Å². The molecule has 27 heavy (non-hydrogen) atoms. The van der Waals surface area contributed by atoms with Crippen molar-refractivity contribution < 1.29 is 17.4 Å². The van der Waals surface area contributed by atoms with Gasteiger partial charge in [-0.15, -0.1) is 0 Å². The molecule has 1 aromatic carbocycles. The molecule has 4 nitrogen and oxygen atoms in total. The lowest BCUT2D eigenvalue weighted by atomic mass is 9.55. The Morgan fingerprint density at radius 1 is 1.19 bits per heavy atom. The molecule has 0 aliphatic heterocycles. The molecule has 0 bridgehead atoms.